The number of benzene rings is 1. The fraction of sp³-hybridized carbons (Fsp3) is 0.182. The molecule has 3 heteroatoms. The van der Waals surface area contributed by atoms with E-state index in [1.165, 1.54) is 0 Å². The monoisotopic (exact) mass is 252 g/mol. The van der Waals surface area contributed by atoms with Crippen molar-refractivity contribution in [2.24, 2.45) is 0 Å². The van der Waals surface area contributed by atoms with Gasteiger partial charge in [-0.3, -0.25) is 4.79 Å². The van der Waals surface area contributed by atoms with Crippen molar-refractivity contribution < 1.29 is 9.90 Å². The van der Waals surface area contributed by atoms with E-state index in [1.54, 1.807) is 6.08 Å². The first-order valence-electron chi connectivity index (χ1n) is 4.36. The molecule has 0 saturated heterocycles. The van der Waals surface area contributed by atoms with Crippen LogP contribution in [0.15, 0.2) is 34.8 Å². The van der Waals surface area contributed by atoms with E-state index >= 15 is 0 Å². The number of hydrogen-bond acceptors (Lipinski definition) is 2. The molecule has 0 saturated carbocycles. The van der Waals surface area contributed by atoms with Gasteiger partial charge in [0.25, 0.3) is 0 Å². The number of halogens is 1. The molecule has 1 aliphatic carbocycles. The minimum Gasteiger partial charge on any atom is -0.389 e. The van der Waals surface area contributed by atoms with Crippen LogP contribution >= 0.6 is 15.9 Å². The van der Waals surface area contributed by atoms with Crippen LogP contribution in [0.5, 0.6) is 0 Å². The first-order valence-corrected chi connectivity index (χ1v) is 5.16. The van der Waals surface area contributed by atoms with Gasteiger partial charge in [-0.15, -0.1) is 0 Å². The molecule has 14 heavy (non-hydrogen) atoms. The van der Waals surface area contributed by atoms with Crippen molar-refractivity contribution in [3.8, 4) is 0 Å². The number of allylic oxidation sites excluding steroid dienone is 1. The molecule has 0 heterocycles. The quantitative estimate of drug-likeness (QED) is 0.832. The highest BCUT2D eigenvalue weighted by atomic mass is 79.9. The van der Waals surface area contributed by atoms with Gasteiger partial charge in [-0.05, 0) is 17.7 Å². The van der Waals surface area contributed by atoms with E-state index in [0.717, 1.165) is 10.0 Å². The number of hydrogen-bond donors (Lipinski definition) is 1. The summed E-state index contributed by atoms with van der Waals surface area (Å²) in [6, 6.07) is 7.52. The Labute approximate surface area is 90.4 Å². The summed E-state index contributed by atoms with van der Waals surface area (Å²) in [4.78, 5) is 11.5. The summed E-state index contributed by atoms with van der Waals surface area (Å²) in [5, 5.41) is 9.31. The van der Waals surface area contributed by atoms with E-state index in [9.17, 15) is 9.90 Å². The number of ketones is 1. The van der Waals surface area contributed by atoms with Gasteiger partial charge >= 0.3 is 0 Å². The van der Waals surface area contributed by atoms with Gasteiger partial charge in [0.05, 0.1) is 6.10 Å². The van der Waals surface area contributed by atoms with Crippen LogP contribution in [0.1, 0.15) is 12.0 Å². The van der Waals surface area contributed by atoms with Crippen LogP contribution in [0.4, 0.5) is 0 Å². The lowest BCUT2D eigenvalue weighted by Gasteiger charge is -2.02. The second kappa shape index (κ2) is 3.67. The van der Waals surface area contributed by atoms with Crippen molar-refractivity contribution in [3.63, 3.8) is 0 Å². The van der Waals surface area contributed by atoms with Crippen molar-refractivity contribution >= 4 is 27.3 Å². The number of carbonyl (C=O) groups excluding carboxylic acids is 1. The molecule has 0 bridgehead atoms. The summed E-state index contributed by atoms with van der Waals surface area (Å²) in [5.41, 5.74) is 1.47. The smallest absolute Gasteiger partial charge is 0.166 e. The maximum atomic E-state index is 11.5. The van der Waals surface area contributed by atoms with Crippen molar-refractivity contribution in [3.05, 3.63) is 40.4 Å². The summed E-state index contributed by atoms with van der Waals surface area (Å²) in [7, 11) is 0. The summed E-state index contributed by atoms with van der Waals surface area (Å²) in [6.45, 7) is 0. The summed E-state index contributed by atoms with van der Waals surface area (Å²) in [5.74, 6) is 0.00407. The Hall–Kier alpha value is -0.930. The summed E-state index contributed by atoms with van der Waals surface area (Å²) < 4.78 is 0.883. The molecule has 1 atom stereocenters. The van der Waals surface area contributed by atoms with Crippen LogP contribution < -0.4 is 0 Å². The second-order valence-corrected chi connectivity index (χ2v) is 4.11. The standard InChI is InChI=1S/C11H9BrO2/c12-10-4-2-1-3-8(10)9-5-7(13)6-11(9)14/h1-5,7,13H,6H2. The van der Waals surface area contributed by atoms with Gasteiger partial charge in [0, 0.05) is 16.5 Å². The van der Waals surface area contributed by atoms with Gasteiger partial charge in [-0.1, -0.05) is 34.1 Å². The van der Waals surface area contributed by atoms with Crippen molar-refractivity contribution in [1.82, 2.24) is 0 Å². The molecular weight excluding hydrogens is 244 g/mol. The van der Waals surface area contributed by atoms with E-state index in [4.69, 9.17) is 0 Å². The average Bonchev–Trinajstić information content (AvgIpc) is 2.46. The van der Waals surface area contributed by atoms with E-state index in [-0.39, 0.29) is 12.2 Å². The minimum atomic E-state index is -0.621. The Balaban J connectivity index is 2.46. The molecule has 0 fully saturated rings. The molecule has 1 N–H and O–H groups in total. The molecule has 1 aromatic carbocycles. The van der Waals surface area contributed by atoms with Gasteiger partial charge in [-0.2, -0.15) is 0 Å². The molecule has 72 valence electrons. The molecule has 0 aliphatic heterocycles. The zero-order valence-electron chi connectivity index (χ0n) is 7.40. The van der Waals surface area contributed by atoms with Crippen molar-refractivity contribution in [1.29, 1.82) is 0 Å². The zero-order valence-corrected chi connectivity index (χ0v) is 8.99. The van der Waals surface area contributed by atoms with Gasteiger partial charge < -0.3 is 5.11 Å². The first kappa shape index (κ1) is 9.62. The molecule has 2 nitrogen and oxygen atoms in total. The molecule has 1 unspecified atom stereocenters. The second-order valence-electron chi connectivity index (χ2n) is 3.25. The van der Waals surface area contributed by atoms with Crippen LogP contribution in [0.3, 0.4) is 0 Å². The van der Waals surface area contributed by atoms with Crippen LogP contribution in [0.2, 0.25) is 0 Å². The summed E-state index contributed by atoms with van der Waals surface area (Å²) in [6.07, 6.45) is 1.20. The highest BCUT2D eigenvalue weighted by Crippen LogP contribution is 2.29. The lowest BCUT2D eigenvalue weighted by Crippen LogP contribution is -2.01. The Morgan fingerprint density at radius 1 is 1.36 bits per heavy atom. The Morgan fingerprint density at radius 2 is 2.07 bits per heavy atom. The zero-order chi connectivity index (χ0) is 10.1. The first-order chi connectivity index (χ1) is 6.68. The molecule has 1 aliphatic rings. The lowest BCUT2D eigenvalue weighted by molar-refractivity contribution is -0.114. The van der Waals surface area contributed by atoms with Crippen LogP contribution in [-0.4, -0.2) is 17.0 Å². The fourth-order valence-corrected chi connectivity index (χ4v) is 2.06. The fourth-order valence-electron chi connectivity index (χ4n) is 1.56. The van der Waals surface area contributed by atoms with Crippen LogP contribution in [0, 0.1) is 0 Å². The molecule has 0 radical (unpaired) electrons. The number of rotatable bonds is 1. The maximum Gasteiger partial charge on any atom is 0.166 e. The molecule has 2 rings (SSSR count). The Bertz CT molecular complexity index is 410. The molecule has 0 spiro atoms. The predicted molar refractivity (Wildman–Crippen MR) is 57.7 cm³/mol. The average molecular weight is 253 g/mol. The predicted octanol–water partition coefficient (Wildman–Crippen LogP) is 2.17. The van der Waals surface area contributed by atoms with Gasteiger partial charge in [0.15, 0.2) is 5.78 Å². The van der Waals surface area contributed by atoms with Crippen LogP contribution in [-0.2, 0) is 4.79 Å². The number of aliphatic hydroxyl groups excluding tert-OH is 1. The SMILES string of the molecule is O=C1CC(O)C=C1c1ccccc1Br. The number of carbonyl (C=O) groups is 1. The Kier molecular flexibility index (Phi) is 2.52. The molecule has 1 aromatic rings. The molecule has 0 amide bonds. The topological polar surface area (TPSA) is 37.3 Å². The van der Waals surface area contributed by atoms with E-state index in [2.05, 4.69) is 15.9 Å². The van der Waals surface area contributed by atoms with Crippen molar-refractivity contribution in [2.75, 3.05) is 0 Å². The normalized spacial score (nSPS) is 21.1. The molecular formula is C11H9BrO2. The van der Waals surface area contributed by atoms with E-state index < -0.39 is 6.10 Å². The van der Waals surface area contributed by atoms with Gasteiger partial charge in [0.2, 0.25) is 0 Å². The van der Waals surface area contributed by atoms with E-state index in [0.29, 0.717) is 5.57 Å². The third-order valence-corrected chi connectivity index (χ3v) is 2.91. The minimum absolute atomic E-state index is 0.00407. The summed E-state index contributed by atoms with van der Waals surface area (Å²) >= 11 is 3.38. The van der Waals surface area contributed by atoms with Crippen molar-refractivity contribution in [2.45, 2.75) is 12.5 Å². The highest BCUT2D eigenvalue weighted by molar-refractivity contribution is 9.10. The maximum absolute atomic E-state index is 11.5. The third-order valence-electron chi connectivity index (χ3n) is 2.22. The third kappa shape index (κ3) is 1.65. The lowest BCUT2D eigenvalue weighted by atomic mass is 10.1. The molecule has 0 aromatic heterocycles. The largest absolute Gasteiger partial charge is 0.389 e. The highest BCUT2D eigenvalue weighted by Gasteiger charge is 2.24. The van der Waals surface area contributed by atoms with Crippen LogP contribution in [0.25, 0.3) is 5.57 Å². The van der Waals surface area contributed by atoms with E-state index in [1.807, 2.05) is 24.3 Å². The Morgan fingerprint density at radius 3 is 2.64 bits per heavy atom. The van der Waals surface area contributed by atoms with Gasteiger partial charge in [-0.25, -0.2) is 0 Å². The number of aliphatic hydroxyl groups is 1. The number of Topliss-reactive ketones (excluding diaryl/α,β-unsaturated/α-hetero) is 1. The van der Waals surface area contributed by atoms with Gasteiger partial charge in [0.1, 0.15) is 0 Å².